The van der Waals surface area contributed by atoms with Crippen molar-refractivity contribution in [2.45, 2.75) is 26.8 Å². The van der Waals surface area contributed by atoms with E-state index in [1.54, 1.807) is 0 Å². The van der Waals surface area contributed by atoms with Crippen LogP contribution in [0.5, 0.6) is 5.75 Å². The van der Waals surface area contributed by atoms with E-state index < -0.39 is 5.97 Å². The van der Waals surface area contributed by atoms with Crippen LogP contribution in [0.3, 0.4) is 0 Å². The predicted molar refractivity (Wildman–Crippen MR) is 77.8 cm³/mol. The zero-order valence-electron chi connectivity index (χ0n) is 12.2. The van der Waals surface area contributed by atoms with Crippen molar-refractivity contribution in [2.75, 3.05) is 19.7 Å². The van der Waals surface area contributed by atoms with Crippen LogP contribution < -0.4 is 4.74 Å². The molecule has 1 aliphatic rings. The summed E-state index contributed by atoms with van der Waals surface area (Å²) in [6.07, 6.45) is 0.777. The second kappa shape index (κ2) is 6.75. The molecule has 2 atom stereocenters. The molecule has 1 heterocycles. The molecule has 2 rings (SSSR count). The fourth-order valence-corrected chi connectivity index (χ4v) is 2.94. The molecule has 1 saturated heterocycles. The summed E-state index contributed by atoms with van der Waals surface area (Å²) in [5, 5.41) is 9.23. The van der Waals surface area contributed by atoms with E-state index >= 15 is 0 Å². The maximum atomic E-state index is 11.2. The van der Waals surface area contributed by atoms with Crippen molar-refractivity contribution in [1.29, 1.82) is 0 Å². The molecule has 4 nitrogen and oxygen atoms in total. The number of carboxylic acids is 1. The molecule has 1 aromatic rings. The van der Waals surface area contributed by atoms with E-state index in [-0.39, 0.29) is 5.92 Å². The lowest BCUT2D eigenvalue weighted by Gasteiger charge is -2.34. The second-order valence-electron chi connectivity index (χ2n) is 5.61. The van der Waals surface area contributed by atoms with Crippen molar-refractivity contribution in [3.05, 3.63) is 29.8 Å². The van der Waals surface area contributed by atoms with E-state index in [4.69, 9.17) is 4.74 Å². The van der Waals surface area contributed by atoms with Crippen LogP contribution in [0.15, 0.2) is 24.3 Å². The first-order valence-electron chi connectivity index (χ1n) is 7.26. The van der Waals surface area contributed by atoms with Crippen molar-refractivity contribution in [3.8, 4) is 5.75 Å². The molecule has 0 radical (unpaired) electrons. The topological polar surface area (TPSA) is 49.8 Å². The van der Waals surface area contributed by atoms with E-state index in [1.165, 1.54) is 0 Å². The van der Waals surface area contributed by atoms with Gasteiger partial charge in [0, 0.05) is 25.2 Å². The molecule has 0 saturated carbocycles. The summed E-state index contributed by atoms with van der Waals surface area (Å²) < 4.78 is 5.64. The standard InChI is InChI=1S/C16H23NO3/c1-3-20-15-7-5-4-6-13(15)10-17-9-12(2)8-14(11-17)16(18)19/h4-7,12,14H,3,8-11H2,1-2H3,(H,18,19). The van der Waals surface area contributed by atoms with Crippen LogP contribution in [0.25, 0.3) is 0 Å². The van der Waals surface area contributed by atoms with Crippen molar-refractivity contribution in [3.63, 3.8) is 0 Å². The third-order valence-electron chi connectivity index (χ3n) is 3.75. The first-order valence-corrected chi connectivity index (χ1v) is 7.26. The number of rotatable bonds is 5. The molecule has 1 aromatic carbocycles. The van der Waals surface area contributed by atoms with Gasteiger partial charge in [-0.3, -0.25) is 9.69 Å². The number of hydrogen-bond donors (Lipinski definition) is 1. The van der Waals surface area contributed by atoms with Gasteiger partial charge in [-0.2, -0.15) is 0 Å². The fraction of sp³-hybridized carbons (Fsp3) is 0.562. The highest BCUT2D eigenvalue weighted by Crippen LogP contribution is 2.26. The van der Waals surface area contributed by atoms with Gasteiger partial charge < -0.3 is 9.84 Å². The summed E-state index contributed by atoms with van der Waals surface area (Å²) >= 11 is 0. The van der Waals surface area contributed by atoms with Crippen LogP contribution >= 0.6 is 0 Å². The minimum Gasteiger partial charge on any atom is -0.494 e. The Balaban J connectivity index is 2.07. The Morgan fingerprint density at radius 3 is 2.85 bits per heavy atom. The number of likely N-dealkylation sites (tertiary alicyclic amines) is 1. The van der Waals surface area contributed by atoms with Gasteiger partial charge in [-0.15, -0.1) is 0 Å². The van der Waals surface area contributed by atoms with E-state index in [1.807, 2.05) is 25.1 Å². The number of benzene rings is 1. The highest BCUT2D eigenvalue weighted by Gasteiger charge is 2.29. The third kappa shape index (κ3) is 3.73. The molecule has 20 heavy (non-hydrogen) atoms. The molecule has 0 spiro atoms. The maximum absolute atomic E-state index is 11.2. The first-order chi connectivity index (χ1) is 9.60. The van der Waals surface area contributed by atoms with Gasteiger partial charge in [-0.05, 0) is 25.3 Å². The summed E-state index contributed by atoms with van der Waals surface area (Å²) in [5.41, 5.74) is 1.13. The Hall–Kier alpha value is -1.55. The number of nitrogens with zero attached hydrogens (tertiary/aromatic N) is 1. The summed E-state index contributed by atoms with van der Waals surface area (Å²) in [6.45, 7) is 7.07. The van der Waals surface area contributed by atoms with Gasteiger partial charge in [0.05, 0.1) is 12.5 Å². The molecule has 110 valence electrons. The van der Waals surface area contributed by atoms with E-state index in [0.29, 0.717) is 19.1 Å². The molecule has 0 bridgehead atoms. The van der Waals surface area contributed by atoms with Crippen molar-refractivity contribution < 1.29 is 14.6 Å². The molecule has 4 heteroatoms. The Labute approximate surface area is 120 Å². The van der Waals surface area contributed by atoms with Gasteiger partial charge in [0.2, 0.25) is 0 Å². The minimum atomic E-state index is -0.681. The smallest absolute Gasteiger partial charge is 0.307 e. The number of ether oxygens (including phenoxy) is 1. The maximum Gasteiger partial charge on any atom is 0.307 e. The van der Waals surface area contributed by atoms with E-state index in [9.17, 15) is 9.90 Å². The van der Waals surface area contributed by atoms with Crippen LogP contribution in [0.2, 0.25) is 0 Å². The number of piperidine rings is 1. The normalized spacial score (nSPS) is 23.5. The lowest BCUT2D eigenvalue weighted by Crippen LogP contribution is -2.42. The third-order valence-corrected chi connectivity index (χ3v) is 3.75. The number of carbonyl (C=O) groups is 1. The largest absolute Gasteiger partial charge is 0.494 e. The Morgan fingerprint density at radius 2 is 2.15 bits per heavy atom. The quantitative estimate of drug-likeness (QED) is 0.899. The average molecular weight is 277 g/mol. The SMILES string of the molecule is CCOc1ccccc1CN1CC(C)CC(C(=O)O)C1. The lowest BCUT2D eigenvalue weighted by atomic mass is 9.90. The van der Waals surface area contributed by atoms with Crippen LogP contribution in [0.1, 0.15) is 25.8 Å². The summed E-state index contributed by atoms with van der Waals surface area (Å²) in [6, 6.07) is 7.99. The molecule has 1 N–H and O–H groups in total. The molecular formula is C16H23NO3. The Bertz CT molecular complexity index is 461. The van der Waals surface area contributed by atoms with E-state index in [2.05, 4.69) is 17.9 Å². The molecule has 0 aliphatic carbocycles. The van der Waals surface area contributed by atoms with Gasteiger partial charge in [0.15, 0.2) is 0 Å². The minimum absolute atomic E-state index is 0.252. The average Bonchev–Trinajstić information content (AvgIpc) is 2.40. The van der Waals surface area contributed by atoms with Gasteiger partial charge in [0.25, 0.3) is 0 Å². The monoisotopic (exact) mass is 277 g/mol. The molecular weight excluding hydrogens is 254 g/mol. The number of para-hydroxylation sites is 1. The summed E-state index contributed by atoms with van der Waals surface area (Å²) in [5.74, 6) is 0.391. The summed E-state index contributed by atoms with van der Waals surface area (Å²) in [4.78, 5) is 13.4. The Morgan fingerprint density at radius 1 is 1.40 bits per heavy atom. The van der Waals surface area contributed by atoms with Gasteiger partial charge >= 0.3 is 5.97 Å². The Kier molecular flexibility index (Phi) is 5.01. The highest BCUT2D eigenvalue weighted by molar-refractivity contribution is 5.70. The van der Waals surface area contributed by atoms with Crippen LogP contribution in [0.4, 0.5) is 0 Å². The zero-order valence-corrected chi connectivity index (χ0v) is 12.2. The zero-order chi connectivity index (χ0) is 14.5. The van der Waals surface area contributed by atoms with Gasteiger partial charge in [-0.25, -0.2) is 0 Å². The number of carboxylic acid groups (broad SMARTS) is 1. The molecule has 0 aromatic heterocycles. The van der Waals surface area contributed by atoms with Crippen molar-refractivity contribution in [2.24, 2.45) is 11.8 Å². The van der Waals surface area contributed by atoms with Crippen molar-refractivity contribution >= 4 is 5.97 Å². The van der Waals surface area contributed by atoms with Gasteiger partial charge in [0.1, 0.15) is 5.75 Å². The molecule has 0 amide bonds. The lowest BCUT2D eigenvalue weighted by molar-refractivity contribution is -0.144. The van der Waals surface area contributed by atoms with Crippen LogP contribution in [0, 0.1) is 11.8 Å². The van der Waals surface area contributed by atoms with Gasteiger partial charge in [-0.1, -0.05) is 25.1 Å². The second-order valence-corrected chi connectivity index (χ2v) is 5.61. The first kappa shape index (κ1) is 14.9. The highest BCUT2D eigenvalue weighted by atomic mass is 16.5. The van der Waals surface area contributed by atoms with Crippen LogP contribution in [-0.4, -0.2) is 35.7 Å². The number of aliphatic carboxylic acids is 1. The molecule has 2 unspecified atom stereocenters. The molecule has 1 fully saturated rings. The van der Waals surface area contributed by atoms with Crippen LogP contribution in [-0.2, 0) is 11.3 Å². The van der Waals surface area contributed by atoms with E-state index in [0.717, 1.165) is 30.8 Å². The van der Waals surface area contributed by atoms with Crippen molar-refractivity contribution in [1.82, 2.24) is 4.90 Å². The summed E-state index contributed by atoms with van der Waals surface area (Å²) in [7, 11) is 0. The predicted octanol–water partition coefficient (Wildman–Crippen LogP) is 2.63. The number of hydrogen-bond acceptors (Lipinski definition) is 3. The fourth-order valence-electron chi connectivity index (χ4n) is 2.94. The molecule has 1 aliphatic heterocycles.